The fourth-order valence-electron chi connectivity index (χ4n) is 2.37. The van der Waals surface area contributed by atoms with Gasteiger partial charge in [0.25, 0.3) is 0 Å². The topological polar surface area (TPSA) is 60.2 Å². The molecule has 1 unspecified atom stereocenters. The molecule has 2 aromatic rings. The fraction of sp³-hybridized carbons (Fsp3) is 0.333. The molecule has 1 fully saturated rings. The molecular weight excluding hydrogens is 258 g/mol. The van der Waals surface area contributed by atoms with Crippen LogP contribution in [0.15, 0.2) is 47.4 Å². The summed E-state index contributed by atoms with van der Waals surface area (Å²) in [4.78, 5) is 0.377. The molecule has 100 valence electrons. The second kappa shape index (κ2) is 4.62. The minimum atomic E-state index is -3.28. The van der Waals surface area contributed by atoms with Crippen molar-refractivity contribution in [2.45, 2.75) is 23.8 Å². The Morgan fingerprint density at radius 2 is 1.79 bits per heavy atom. The zero-order valence-corrected chi connectivity index (χ0v) is 11.4. The standard InChI is InChI=1S/C15H17NO2S/c16-15(12-5-6-12)10-19(17,18)14-8-7-11-3-1-2-4-13(11)9-14/h1-4,7-9,12,15H,5-6,10,16H2. The summed E-state index contributed by atoms with van der Waals surface area (Å²) in [5.74, 6) is 0.450. The Hall–Kier alpha value is -1.39. The number of sulfone groups is 1. The lowest BCUT2D eigenvalue weighted by Crippen LogP contribution is -2.31. The van der Waals surface area contributed by atoms with E-state index in [-0.39, 0.29) is 11.8 Å². The van der Waals surface area contributed by atoms with Gasteiger partial charge in [0.15, 0.2) is 9.84 Å². The normalized spacial score (nSPS) is 17.5. The molecule has 0 heterocycles. The minimum Gasteiger partial charge on any atom is -0.327 e. The Morgan fingerprint density at radius 3 is 2.47 bits per heavy atom. The highest BCUT2D eigenvalue weighted by molar-refractivity contribution is 7.91. The zero-order chi connectivity index (χ0) is 13.5. The number of benzene rings is 2. The predicted octanol–water partition coefficient (Wildman–Crippen LogP) is 2.35. The summed E-state index contributed by atoms with van der Waals surface area (Å²) in [7, 11) is -3.28. The smallest absolute Gasteiger partial charge is 0.179 e. The first-order valence-corrected chi connectivity index (χ1v) is 8.19. The second-order valence-electron chi connectivity index (χ2n) is 5.29. The summed E-state index contributed by atoms with van der Waals surface area (Å²) in [5.41, 5.74) is 5.94. The first kappa shape index (κ1) is 12.6. The van der Waals surface area contributed by atoms with Crippen LogP contribution < -0.4 is 5.73 Å². The van der Waals surface area contributed by atoms with Gasteiger partial charge >= 0.3 is 0 Å². The van der Waals surface area contributed by atoms with Gasteiger partial charge in [0.05, 0.1) is 10.6 Å². The summed E-state index contributed by atoms with van der Waals surface area (Å²) < 4.78 is 24.7. The third-order valence-corrected chi connectivity index (χ3v) is 5.52. The lowest BCUT2D eigenvalue weighted by molar-refractivity contribution is 0.574. The van der Waals surface area contributed by atoms with Crippen LogP contribution in [0, 0.1) is 5.92 Å². The van der Waals surface area contributed by atoms with Gasteiger partial charge in [0.2, 0.25) is 0 Å². The first-order chi connectivity index (χ1) is 9.06. The van der Waals surface area contributed by atoms with Crippen LogP contribution in [0.5, 0.6) is 0 Å². The van der Waals surface area contributed by atoms with Crippen molar-refractivity contribution in [2.24, 2.45) is 11.7 Å². The van der Waals surface area contributed by atoms with E-state index in [0.717, 1.165) is 23.6 Å². The van der Waals surface area contributed by atoms with Crippen molar-refractivity contribution in [1.29, 1.82) is 0 Å². The van der Waals surface area contributed by atoms with Crippen molar-refractivity contribution >= 4 is 20.6 Å². The maximum absolute atomic E-state index is 12.3. The molecule has 0 aromatic heterocycles. The molecular formula is C15H17NO2S. The molecule has 3 nitrogen and oxygen atoms in total. The van der Waals surface area contributed by atoms with Crippen molar-refractivity contribution in [3.63, 3.8) is 0 Å². The van der Waals surface area contributed by atoms with Gasteiger partial charge in [-0.1, -0.05) is 30.3 Å². The maximum Gasteiger partial charge on any atom is 0.179 e. The number of hydrogen-bond acceptors (Lipinski definition) is 3. The van der Waals surface area contributed by atoms with Crippen LogP contribution in [0.2, 0.25) is 0 Å². The number of hydrogen-bond donors (Lipinski definition) is 1. The van der Waals surface area contributed by atoms with Crippen molar-refractivity contribution < 1.29 is 8.42 Å². The summed E-state index contributed by atoms with van der Waals surface area (Å²) in [6.45, 7) is 0. The van der Waals surface area contributed by atoms with Gasteiger partial charge in [-0.25, -0.2) is 8.42 Å². The Morgan fingerprint density at radius 1 is 1.11 bits per heavy atom. The van der Waals surface area contributed by atoms with E-state index in [0.29, 0.717) is 10.8 Å². The number of fused-ring (bicyclic) bond motifs is 1. The SMILES string of the molecule is NC(CS(=O)(=O)c1ccc2ccccc2c1)C1CC1. The lowest BCUT2D eigenvalue weighted by Gasteiger charge is -2.11. The quantitative estimate of drug-likeness (QED) is 0.931. The fourth-order valence-corrected chi connectivity index (χ4v) is 3.92. The van der Waals surface area contributed by atoms with E-state index in [9.17, 15) is 8.42 Å². The summed E-state index contributed by atoms with van der Waals surface area (Å²) in [5, 5.41) is 2.00. The Labute approximate surface area is 113 Å². The molecule has 1 saturated carbocycles. The predicted molar refractivity (Wildman–Crippen MR) is 76.7 cm³/mol. The van der Waals surface area contributed by atoms with Crippen LogP contribution in [-0.2, 0) is 9.84 Å². The molecule has 2 aromatic carbocycles. The monoisotopic (exact) mass is 275 g/mol. The second-order valence-corrected chi connectivity index (χ2v) is 7.33. The van der Waals surface area contributed by atoms with Gasteiger partial charge in [-0.3, -0.25) is 0 Å². The maximum atomic E-state index is 12.3. The molecule has 1 aliphatic carbocycles. The Balaban J connectivity index is 1.93. The molecule has 1 atom stereocenters. The molecule has 0 radical (unpaired) electrons. The molecule has 0 aliphatic heterocycles. The Kier molecular flexibility index (Phi) is 3.07. The van der Waals surface area contributed by atoms with Crippen molar-refractivity contribution in [3.8, 4) is 0 Å². The summed E-state index contributed by atoms with van der Waals surface area (Å²) in [6.07, 6.45) is 2.13. The summed E-state index contributed by atoms with van der Waals surface area (Å²) in [6, 6.07) is 12.8. The van der Waals surface area contributed by atoms with Gasteiger partial charge in [0.1, 0.15) is 0 Å². The van der Waals surface area contributed by atoms with Gasteiger partial charge in [-0.15, -0.1) is 0 Å². The van der Waals surface area contributed by atoms with Gasteiger partial charge in [0, 0.05) is 6.04 Å². The lowest BCUT2D eigenvalue weighted by atomic mass is 10.1. The first-order valence-electron chi connectivity index (χ1n) is 6.53. The van der Waals surface area contributed by atoms with Crippen molar-refractivity contribution in [2.75, 3.05) is 5.75 Å². The third kappa shape index (κ3) is 2.65. The van der Waals surface area contributed by atoms with Crippen molar-refractivity contribution in [1.82, 2.24) is 0 Å². The molecule has 0 bridgehead atoms. The van der Waals surface area contributed by atoms with Gasteiger partial charge in [-0.2, -0.15) is 0 Å². The molecule has 4 heteroatoms. The molecule has 0 saturated heterocycles. The average Bonchev–Trinajstić information content (AvgIpc) is 3.22. The molecule has 0 amide bonds. The summed E-state index contributed by atoms with van der Waals surface area (Å²) >= 11 is 0. The minimum absolute atomic E-state index is 0.0516. The van der Waals surface area contributed by atoms with E-state index in [2.05, 4.69) is 0 Å². The van der Waals surface area contributed by atoms with Crippen LogP contribution >= 0.6 is 0 Å². The van der Waals surface area contributed by atoms with Crippen LogP contribution in [0.1, 0.15) is 12.8 Å². The Bertz CT molecular complexity index is 705. The van der Waals surface area contributed by atoms with E-state index in [1.807, 2.05) is 30.3 Å². The van der Waals surface area contributed by atoms with Gasteiger partial charge in [-0.05, 0) is 41.7 Å². The number of nitrogens with two attached hydrogens (primary N) is 1. The van der Waals surface area contributed by atoms with E-state index in [1.54, 1.807) is 12.1 Å². The molecule has 2 N–H and O–H groups in total. The van der Waals surface area contributed by atoms with Crippen LogP contribution in [0.3, 0.4) is 0 Å². The highest BCUT2D eigenvalue weighted by Gasteiger charge is 2.32. The van der Waals surface area contributed by atoms with Gasteiger partial charge < -0.3 is 5.73 Å². The van der Waals surface area contributed by atoms with Crippen LogP contribution in [0.25, 0.3) is 10.8 Å². The molecule has 0 spiro atoms. The highest BCUT2D eigenvalue weighted by atomic mass is 32.2. The van der Waals surface area contributed by atoms with E-state index < -0.39 is 9.84 Å². The van der Waals surface area contributed by atoms with E-state index in [4.69, 9.17) is 5.73 Å². The van der Waals surface area contributed by atoms with Crippen LogP contribution in [0.4, 0.5) is 0 Å². The largest absolute Gasteiger partial charge is 0.327 e. The molecule has 1 aliphatic rings. The molecule has 3 rings (SSSR count). The third-order valence-electron chi connectivity index (χ3n) is 3.72. The van der Waals surface area contributed by atoms with E-state index in [1.165, 1.54) is 0 Å². The highest BCUT2D eigenvalue weighted by Crippen LogP contribution is 2.33. The average molecular weight is 275 g/mol. The zero-order valence-electron chi connectivity index (χ0n) is 10.6. The van der Waals surface area contributed by atoms with Crippen molar-refractivity contribution in [3.05, 3.63) is 42.5 Å². The van der Waals surface area contributed by atoms with Crippen LogP contribution in [-0.4, -0.2) is 20.2 Å². The number of rotatable bonds is 4. The molecule has 19 heavy (non-hydrogen) atoms. The van der Waals surface area contributed by atoms with E-state index >= 15 is 0 Å².